The lowest BCUT2D eigenvalue weighted by atomic mass is 9.98. The van der Waals surface area contributed by atoms with E-state index in [1.165, 1.54) is 31.5 Å². The van der Waals surface area contributed by atoms with E-state index in [2.05, 4.69) is 16.0 Å². The highest BCUT2D eigenvalue weighted by molar-refractivity contribution is 5.41. The third-order valence-corrected chi connectivity index (χ3v) is 4.33. The quantitative estimate of drug-likeness (QED) is 0.658. The zero-order valence-corrected chi connectivity index (χ0v) is 8.42. The summed E-state index contributed by atoms with van der Waals surface area (Å²) in [7, 11) is 0. The second-order valence-electron chi connectivity index (χ2n) is 5.01. The summed E-state index contributed by atoms with van der Waals surface area (Å²) in [6, 6.07) is 2.48. The molecule has 2 atom stereocenters. The van der Waals surface area contributed by atoms with E-state index in [1.807, 2.05) is 0 Å². The van der Waals surface area contributed by atoms with Gasteiger partial charge in [-0.25, -0.2) is 0 Å². The maximum Gasteiger partial charge on any atom is 0.0360 e. The van der Waals surface area contributed by atoms with Gasteiger partial charge in [-0.05, 0) is 36.8 Å². The molecular formula is C12H16N2. The topological polar surface area (TPSA) is 17.0 Å². The second-order valence-corrected chi connectivity index (χ2v) is 5.01. The van der Waals surface area contributed by atoms with Crippen molar-refractivity contribution in [3.05, 3.63) is 23.0 Å². The number of aromatic nitrogens is 1. The molecule has 0 unspecified atom stereocenters. The van der Waals surface area contributed by atoms with E-state index in [1.54, 1.807) is 11.3 Å². The minimum Gasteiger partial charge on any atom is -0.346 e. The molecule has 74 valence electrons. The van der Waals surface area contributed by atoms with Gasteiger partial charge in [0.2, 0.25) is 0 Å². The van der Waals surface area contributed by atoms with Gasteiger partial charge in [-0.15, -0.1) is 0 Å². The molecule has 2 aliphatic carbocycles. The first-order valence-electron chi connectivity index (χ1n) is 5.86. The average Bonchev–Trinajstić information content (AvgIpc) is 2.88. The van der Waals surface area contributed by atoms with Gasteiger partial charge in [-0.2, -0.15) is 0 Å². The molecule has 1 aromatic rings. The molecule has 2 heteroatoms. The van der Waals surface area contributed by atoms with E-state index in [4.69, 9.17) is 0 Å². The SMILES string of the molecule is c1c2c(n3c1CNCC3)[C@H]1CC[C@@H]2C1. The molecule has 2 heterocycles. The molecule has 1 N–H and O–H groups in total. The molecule has 0 amide bonds. The predicted molar refractivity (Wildman–Crippen MR) is 55.5 cm³/mol. The first-order chi connectivity index (χ1) is 6.93. The lowest BCUT2D eigenvalue weighted by Gasteiger charge is -2.21. The van der Waals surface area contributed by atoms with Crippen LogP contribution in [0.5, 0.6) is 0 Å². The van der Waals surface area contributed by atoms with Crippen LogP contribution in [0.3, 0.4) is 0 Å². The molecule has 0 radical (unpaired) electrons. The molecule has 1 aliphatic heterocycles. The third kappa shape index (κ3) is 0.765. The van der Waals surface area contributed by atoms with E-state index in [0.29, 0.717) is 0 Å². The third-order valence-electron chi connectivity index (χ3n) is 4.33. The van der Waals surface area contributed by atoms with Crippen LogP contribution in [0.1, 0.15) is 48.0 Å². The number of fused-ring (bicyclic) bond motifs is 7. The van der Waals surface area contributed by atoms with Crippen LogP contribution in [-0.4, -0.2) is 11.1 Å². The summed E-state index contributed by atoms with van der Waals surface area (Å²) in [4.78, 5) is 0. The van der Waals surface area contributed by atoms with E-state index < -0.39 is 0 Å². The van der Waals surface area contributed by atoms with Gasteiger partial charge in [0.05, 0.1) is 0 Å². The van der Waals surface area contributed by atoms with E-state index in [-0.39, 0.29) is 0 Å². The standard InChI is InChI=1S/C12H16N2/c1-2-9-5-8(1)11-6-10-7-13-3-4-14(10)12(9)11/h6,8-9,13H,1-5,7H2/t8-,9+/m1/s1. The van der Waals surface area contributed by atoms with Crippen molar-refractivity contribution in [1.29, 1.82) is 0 Å². The Balaban J connectivity index is 1.93. The highest BCUT2D eigenvalue weighted by Crippen LogP contribution is 2.54. The molecule has 14 heavy (non-hydrogen) atoms. The Morgan fingerprint density at radius 3 is 3.21 bits per heavy atom. The number of nitrogens with one attached hydrogen (secondary N) is 1. The van der Waals surface area contributed by atoms with Gasteiger partial charge >= 0.3 is 0 Å². The Hall–Kier alpha value is -0.760. The summed E-state index contributed by atoms with van der Waals surface area (Å²) < 4.78 is 2.61. The van der Waals surface area contributed by atoms with Crippen molar-refractivity contribution in [2.45, 2.75) is 44.2 Å². The van der Waals surface area contributed by atoms with Crippen LogP contribution in [0, 0.1) is 0 Å². The molecule has 1 fully saturated rings. The van der Waals surface area contributed by atoms with Crippen LogP contribution in [0.25, 0.3) is 0 Å². The molecule has 0 saturated heterocycles. The highest BCUT2D eigenvalue weighted by atomic mass is 15.1. The van der Waals surface area contributed by atoms with Gasteiger partial charge in [0.15, 0.2) is 0 Å². The number of nitrogens with zero attached hydrogens (tertiary/aromatic N) is 1. The zero-order chi connectivity index (χ0) is 9.12. The first-order valence-corrected chi connectivity index (χ1v) is 5.86. The highest BCUT2D eigenvalue weighted by Gasteiger charge is 2.40. The Kier molecular flexibility index (Phi) is 1.30. The Morgan fingerprint density at radius 2 is 2.21 bits per heavy atom. The van der Waals surface area contributed by atoms with Crippen molar-refractivity contribution in [1.82, 2.24) is 9.88 Å². The number of rotatable bonds is 0. The second kappa shape index (κ2) is 2.43. The van der Waals surface area contributed by atoms with Crippen LogP contribution in [0.4, 0.5) is 0 Å². The predicted octanol–water partition coefficient (Wildman–Crippen LogP) is 1.96. The van der Waals surface area contributed by atoms with E-state index >= 15 is 0 Å². The Labute approximate surface area is 84.3 Å². The fraction of sp³-hybridized carbons (Fsp3) is 0.667. The lowest BCUT2D eigenvalue weighted by Crippen LogP contribution is -2.28. The van der Waals surface area contributed by atoms with Crippen LogP contribution < -0.4 is 5.32 Å². The monoisotopic (exact) mass is 188 g/mol. The summed E-state index contributed by atoms with van der Waals surface area (Å²) in [5.74, 6) is 1.84. The largest absolute Gasteiger partial charge is 0.346 e. The minimum atomic E-state index is 0.918. The van der Waals surface area contributed by atoms with Crippen LogP contribution in [0.2, 0.25) is 0 Å². The van der Waals surface area contributed by atoms with E-state index in [9.17, 15) is 0 Å². The van der Waals surface area contributed by atoms with Crippen molar-refractivity contribution < 1.29 is 0 Å². The molecule has 1 aromatic heterocycles. The zero-order valence-electron chi connectivity index (χ0n) is 8.42. The van der Waals surface area contributed by atoms with Crippen LogP contribution in [-0.2, 0) is 13.1 Å². The average molecular weight is 188 g/mol. The smallest absolute Gasteiger partial charge is 0.0360 e. The summed E-state index contributed by atoms with van der Waals surface area (Å²) in [5.41, 5.74) is 4.97. The van der Waals surface area contributed by atoms with Gasteiger partial charge in [-0.3, -0.25) is 0 Å². The van der Waals surface area contributed by atoms with E-state index in [0.717, 1.165) is 24.9 Å². The van der Waals surface area contributed by atoms with Crippen molar-refractivity contribution in [2.24, 2.45) is 0 Å². The van der Waals surface area contributed by atoms with Gasteiger partial charge in [0, 0.05) is 36.9 Å². The summed E-state index contributed by atoms with van der Waals surface area (Å²) >= 11 is 0. The molecule has 4 rings (SSSR count). The molecule has 1 saturated carbocycles. The summed E-state index contributed by atoms with van der Waals surface area (Å²) in [6.07, 6.45) is 4.36. The van der Waals surface area contributed by atoms with Gasteiger partial charge < -0.3 is 9.88 Å². The fourth-order valence-electron chi connectivity index (χ4n) is 3.76. The molecule has 2 nitrogen and oxygen atoms in total. The van der Waals surface area contributed by atoms with Gasteiger partial charge in [-0.1, -0.05) is 0 Å². The normalized spacial score (nSPS) is 33.1. The molecule has 3 aliphatic rings. The maximum atomic E-state index is 3.46. The van der Waals surface area contributed by atoms with Gasteiger partial charge in [0.25, 0.3) is 0 Å². The number of hydrogen-bond acceptors (Lipinski definition) is 1. The van der Waals surface area contributed by atoms with Crippen LogP contribution in [0.15, 0.2) is 6.07 Å². The fourth-order valence-corrected chi connectivity index (χ4v) is 3.76. The van der Waals surface area contributed by atoms with Crippen LogP contribution >= 0.6 is 0 Å². The Bertz CT molecular complexity index is 391. The van der Waals surface area contributed by atoms with Crippen molar-refractivity contribution in [2.75, 3.05) is 6.54 Å². The number of hydrogen-bond donors (Lipinski definition) is 1. The van der Waals surface area contributed by atoms with Crippen molar-refractivity contribution in [3.8, 4) is 0 Å². The van der Waals surface area contributed by atoms with Gasteiger partial charge in [0.1, 0.15) is 0 Å². The first kappa shape index (κ1) is 7.52. The molecule has 0 aromatic carbocycles. The van der Waals surface area contributed by atoms with Crippen molar-refractivity contribution in [3.63, 3.8) is 0 Å². The molecule has 2 bridgehead atoms. The minimum absolute atomic E-state index is 0.918. The Morgan fingerprint density at radius 1 is 1.29 bits per heavy atom. The molecular weight excluding hydrogens is 172 g/mol. The molecule has 0 spiro atoms. The summed E-state index contributed by atoms with van der Waals surface area (Å²) in [6.45, 7) is 3.45. The summed E-state index contributed by atoms with van der Waals surface area (Å²) in [5, 5.41) is 3.46. The maximum absolute atomic E-state index is 3.46. The van der Waals surface area contributed by atoms with Crippen molar-refractivity contribution >= 4 is 0 Å². The lowest BCUT2D eigenvalue weighted by molar-refractivity contribution is 0.490.